The van der Waals surface area contributed by atoms with Gasteiger partial charge in [0.1, 0.15) is 12.3 Å². The highest BCUT2D eigenvalue weighted by Gasteiger charge is 2.54. The van der Waals surface area contributed by atoms with Crippen LogP contribution in [0.15, 0.2) is 30.3 Å². The van der Waals surface area contributed by atoms with Crippen LogP contribution < -0.4 is 5.32 Å². The van der Waals surface area contributed by atoms with Crippen molar-refractivity contribution in [3.05, 3.63) is 35.9 Å². The number of benzene rings is 1. The summed E-state index contributed by atoms with van der Waals surface area (Å²) in [6.07, 6.45) is 0.467. The normalized spacial score (nSPS) is 23.0. The van der Waals surface area contributed by atoms with Gasteiger partial charge in [-0.25, -0.2) is 9.59 Å². The van der Waals surface area contributed by atoms with Gasteiger partial charge >= 0.3 is 12.1 Å². The van der Waals surface area contributed by atoms with Gasteiger partial charge in [0.05, 0.1) is 6.61 Å². The van der Waals surface area contributed by atoms with Crippen molar-refractivity contribution >= 4 is 12.1 Å². The number of carboxylic acid groups (broad SMARTS) is 1. The van der Waals surface area contributed by atoms with Crippen LogP contribution in [0.5, 0.6) is 0 Å². The SMILES string of the molecule is O=C(O)C1COC2(CCNCC2)N1C(=O)OCc1ccccc1. The van der Waals surface area contributed by atoms with Crippen molar-refractivity contribution in [2.75, 3.05) is 19.7 Å². The minimum atomic E-state index is -1.07. The average Bonchev–Trinajstić information content (AvgIpc) is 2.93. The molecule has 7 heteroatoms. The van der Waals surface area contributed by atoms with Gasteiger partial charge in [-0.1, -0.05) is 30.3 Å². The molecule has 1 unspecified atom stereocenters. The first kappa shape index (κ1) is 15.8. The van der Waals surface area contributed by atoms with Gasteiger partial charge in [-0.3, -0.25) is 4.90 Å². The van der Waals surface area contributed by atoms with Crippen LogP contribution in [-0.2, 0) is 20.9 Å². The van der Waals surface area contributed by atoms with E-state index in [1.807, 2.05) is 30.3 Å². The second-order valence-electron chi connectivity index (χ2n) is 5.77. The molecule has 124 valence electrons. The van der Waals surface area contributed by atoms with Crippen molar-refractivity contribution in [2.45, 2.75) is 31.2 Å². The molecular weight excluding hydrogens is 300 g/mol. The number of nitrogens with one attached hydrogen (secondary N) is 1. The van der Waals surface area contributed by atoms with Crippen LogP contribution in [0, 0.1) is 0 Å². The van der Waals surface area contributed by atoms with Crippen molar-refractivity contribution in [1.82, 2.24) is 10.2 Å². The summed E-state index contributed by atoms with van der Waals surface area (Å²) in [5.41, 5.74) is -0.0190. The lowest BCUT2D eigenvalue weighted by Crippen LogP contribution is -2.57. The Balaban J connectivity index is 1.74. The summed E-state index contributed by atoms with van der Waals surface area (Å²) in [5, 5.41) is 12.6. The number of carboxylic acids is 1. The van der Waals surface area contributed by atoms with Gasteiger partial charge < -0.3 is 19.9 Å². The number of carbonyl (C=O) groups is 2. The predicted octanol–water partition coefficient (Wildman–Crippen LogP) is 1.19. The van der Waals surface area contributed by atoms with Gasteiger partial charge in [-0.05, 0) is 18.7 Å². The summed E-state index contributed by atoms with van der Waals surface area (Å²) >= 11 is 0. The highest BCUT2D eigenvalue weighted by atomic mass is 16.6. The number of aliphatic carboxylic acids is 1. The maximum atomic E-state index is 12.5. The predicted molar refractivity (Wildman–Crippen MR) is 80.7 cm³/mol. The topological polar surface area (TPSA) is 88.1 Å². The lowest BCUT2D eigenvalue weighted by atomic mass is 10.00. The molecule has 1 amide bonds. The maximum Gasteiger partial charge on any atom is 0.413 e. The first-order chi connectivity index (χ1) is 11.1. The van der Waals surface area contributed by atoms with Crippen molar-refractivity contribution in [2.24, 2.45) is 0 Å². The van der Waals surface area contributed by atoms with Crippen LogP contribution in [0.3, 0.4) is 0 Å². The summed E-state index contributed by atoms with van der Waals surface area (Å²) in [6.45, 7) is 1.45. The Morgan fingerprint density at radius 1 is 1.30 bits per heavy atom. The molecule has 0 bridgehead atoms. The molecule has 0 radical (unpaired) electrons. The highest BCUT2D eigenvalue weighted by molar-refractivity contribution is 5.81. The summed E-state index contributed by atoms with van der Waals surface area (Å²) in [6, 6.07) is 8.29. The van der Waals surface area contributed by atoms with Crippen LogP contribution in [0.2, 0.25) is 0 Å². The fourth-order valence-electron chi connectivity index (χ4n) is 3.13. The third-order valence-corrected chi connectivity index (χ3v) is 4.33. The van der Waals surface area contributed by atoms with E-state index in [0.29, 0.717) is 25.9 Å². The Morgan fingerprint density at radius 3 is 2.65 bits per heavy atom. The fourth-order valence-corrected chi connectivity index (χ4v) is 3.13. The third kappa shape index (κ3) is 3.16. The largest absolute Gasteiger partial charge is 0.480 e. The van der Waals surface area contributed by atoms with Gasteiger partial charge in [-0.2, -0.15) is 0 Å². The van der Waals surface area contributed by atoms with Gasteiger partial charge in [0, 0.05) is 12.8 Å². The molecule has 1 aromatic carbocycles. The molecule has 0 saturated carbocycles. The van der Waals surface area contributed by atoms with E-state index in [1.54, 1.807) is 0 Å². The van der Waals surface area contributed by atoms with E-state index in [4.69, 9.17) is 9.47 Å². The molecule has 2 saturated heterocycles. The molecule has 23 heavy (non-hydrogen) atoms. The number of rotatable bonds is 3. The lowest BCUT2D eigenvalue weighted by molar-refractivity contribution is -0.144. The van der Waals surface area contributed by atoms with Gasteiger partial charge in [0.2, 0.25) is 0 Å². The molecule has 1 atom stereocenters. The molecule has 3 rings (SSSR count). The lowest BCUT2D eigenvalue weighted by Gasteiger charge is -2.40. The smallest absolute Gasteiger partial charge is 0.413 e. The number of ether oxygens (including phenoxy) is 2. The van der Waals surface area contributed by atoms with Crippen molar-refractivity contribution < 1.29 is 24.2 Å². The highest BCUT2D eigenvalue weighted by Crippen LogP contribution is 2.36. The van der Waals surface area contributed by atoms with E-state index in [0.717, 1.165) is 5.56 Å². The Kier molecular flexibility index (Phi) is 4.49. The van der Waals surface area contributed by atoms with E-state index in [2.05, 4.69) is 5.32 Å². The maximum absolute atomic E-state index is 12.5. The summed E-state index contributed by atoms with van der Waals surface area (Å²) < 4.78 is 11.1. The van der Waals surface area contributed by atoms with Crippen LogP contribution in [-0.4, -0.2) is 53.5 Å². The summed E-state index contributed by atoms with van der Waals surface area (Å²) in [7, 11) is 0. The van der Waals surface area contributed by atoms with Gasteiger partial charge in [-0.15, -0.1) is 0 Å². The number of amides is 1. The minimum Gasteiger partial charge on any atom is -0.480 e. The van der Waals surface area contributed by atoms with Crippen molar-refractivity contribution in [1.29, 1.82) is 0 Å². The number of piperidine rings is 1. The number of carbonyl (C=O) groups excluding carboxylic acids is 1. The number of nitrogens with zero attached hydrogens (tertiary/aromatic N) is 1. The Bertz CT molecular complexity index is 571. The fraction of sp³-hybridized carbons (Fsp3) is 0.500. The van der Waals surface area contributed by atoms with Crippen LogP contribution in [0.4, 0.5) is 4.79 Å². The monoisotopic (exact) mass is 320 g/mol. The number of hydrogen-bond acceptors (Lipinski definition) is 5. The zero-order chi connectivity index (χ0) is 16.3. The number of hydrogen-bond donors (Lipinski definition) is 2. The molecule has 1 spiro atoms. The molecular formula is C16H20N2O5. The zero-order valence-electron chi connectivity index (χ0n) is 12.7. The summed E-state index contributed by atoms with van der Waals surface area (Å²) in [4.78, 5) is 25.3. The molecule has 2 aliphatic rings. The molecule has 0 aliphatic carbocycles. The Hall–Kier alpha value is -2.12. The molecule has 2 N–H and O–H groups in total. The van der Waals surface area contributed by atoms with Gasteiger partial charge in [0.25, 0.3) is 0 Å². The first-order valence-electron chi connectivity index (χ1n) is 7.70. The Morgan fingerprint density at radius 2 is 2.00 bits per heavy atom. The zero-order valence-corrected chi connectivity index (χ0v) is 12.7. The van der Waals surface area contributed by atoms with E-state index in [-0.39, 0.29) is 13.2 Å². The second-order valence-corrected chi connectivity index (χ2v) is 5.77. The third-order valence-electron chi connectivity index (χ3n) is 4.33. The minimum absolute atomic E-state index is 0.00420. The molecule has 2 fully saturated rings. The van der Waals surface area contributed by atoms with E-state index in [1.165, 1.54) is 4.90 Å². The van der Waals surface area contributed by atoms with E-state index >= 15 is 0 Å². The molecule has 1 aromatic rings. The molecule has 2 heterocycles. The average molecular weight is 320 g/mol. The van der Waals surface area contributed by atoms with Crippen LogP contribution >= 0.6 is 0 Å². The van der Waals surface area contributed by atoms with E-state index < -0.39 is 23.8 Å². The van der Waals surface area contributed by atoms with Crippen molar-refractivity contribution in [3.8, 4) is 0 Å². The van der Waals surface area contributed by atoms with Crippen LogP contribution in [0.1, 0.15) is 18.4 Å². The molecule has 2 aliphatic heterocycles. The Labute approximate surface area is 134 Å². The first-order valence-corrected chi connectivity index (χ1v) is 7.70. The molecule has 0 aromatic heterocycles. The quantitative estimate of drug-likeness (QED) is 0.870. The standard InChI is InChI=1S/C16H20N2O5/c19-14(20)13-11-23-16(6-8-17-9-7-16)18(13)15(21)22-10-12-4-2-1-3-5-12/h1-5,13,17H,6-11H2,(H,19,20). The molecule has 7 nitrogen and oxygen atoms in total. The van der Waals surface area contributed by atoms with E-state index in [9.17, 15) is 14.7 Å². The van der Waals surface area contributed by atoms with Gasteiger partial charge in [0.15, 0.2) is 6.04 Å². The second kappa shape index (κ2) is 6.55. The van der Waals surface area contributed by atoms with Crippen LogP contribution in [0.25, 0.3) is 0 Å². The van der Waals surface area contributed by atoms with Crippen molar-refractivity contribution in [3.63, 3.8) is 0 Å². The summed E-state index contributed by atoms with van der Waals surface area (Å²) in [5.74, 6) is -1.07.